The number of halogens is 1. The van der Waals surface area contributed by atoms with Gasteiger partial charge in [-0.05, 0) is 17.7 Å². The number of fused-ring (bicyclic) bond motifs is 1. The van der Waals surface area contributed by atoms with Crippen LogP contribution in [0.2, 0.25) is 5.02 Å². The molecule has 0 amide bonds. The van der Waals surface area contributed by atoms with E-state index in [0.717, 1.165) is 23.8 Å². The molecule has 0 aromatic heterocycles. The van der Waals surface area contributed by atoms with Crippen LogP contribution in [0.25, 0.3) is 5.70 Å². The minimum atomic E-state index is 0.759. The summed E-state index contributed by atoms with van der Waals surface area (Å²) in [7, 11) is 0. The predicted octanol–water partition coefficient (Wildman–Crippen LogP) is 3.52. The molecular weight excluding hydrogens is 294 g/mol. The van der Waals surface area contributed by atoms with Gasteiger partial charge < -0.3 is 5.32 Å². The number of hydrazine groups is 1. The summed E-state index contributed by atoms with van der Waals surface area (Å²) in [6.45, 7) is 1.67. The molecule has 2 aromatic carbocycles. The highest BCUT2D eigenvalue weighted by atomic mass is 35.5. The molecule has 0 saturated heterocycles. The first kappa shape index (κ1) is 13.3. The van der Waals surface area contributed by atoms with E-state index in [1.54, 1.807) is 0 Å². The number of rotatable bonds is 3. The van der Waals surface area contributed by atoms with Crippen molar-refractivity contribution in [2.45, 2.75) is 6.54 Å². The van der Waals surface area contributed by atoms with Crippen LogP contribution in [0.1, 0.15) is 11.1 Å². The minimum absolute atomic E-state index is 0.759. The van der Waals surface area contributed by atoms with Crippen molar-refractivity contribution in [3.8, 4) is 0 Å². The maximum Gasteiger partial charge on any atom is 0.0770 e. The average Bonchev–Trinajstić information content (AvgIpc) is 3.10. The van der Waals surface area contributed by atoms with Crippen LogP contribution in [-0.4, -0.2) is 11.6 Å². The fraction of sp³-hybridized carbons (Fsp3) is 0.111. The van der Waals surface area contributed by atoms with Crippen molar-refractivity contribution in [3.05, 3.63) is 88.2 Å². The Morgan fingerprint density at radius 3 is 2.55 bits per heavy atom. The maximum absolute atomic E-state index is 6.03. The molecule has 2 aromatic rings. The second-order valence-corrected chi connectivity index (χ2v) is 5.89. The molecular formula is C18H16ClN3. The summed E-state index contributed by atoms with van der Waals surface area (Å²) >= 11 is 6.03. The Balaban J connectivity index is 1.71. The minimum Gasteiger partial charge on any atom is -0.385 e. The summed E-state index contributed by atoms with van der Waals surface area (Å²) < 4.78 is 0. The summed E-state index contributed by atoms with van der Waals surface area (Å²) in [5.41, 5.74) is 9.62. The van der Waals surface area contributed by atoms with E-state index in [9.17, 15) is 0 Å². The summed E-state index contributed by atoms with van der Waals surface area (Å²) in [4.78, 5) is 0. The van der Waals surface area contributed by atoms with Gasteiger partial charge >= 0.3 is 0 Å². The van der Waals surface area contributed by atoms with Crippen LogP contribution < -0.4 is 10.7 Å². The molecule has 22 heavy (non-hydrogen) atoms. The van der Waals surface area contributed by atoms with Crippen molar-refractivity contribution < 1.29 is 0 Å². The highest BCUT2D eigenvalue weighted by Crippen LogP contribution is 2.34. The lowest BCUT2D eigenvalue weighted by atomic mass is 10.1. The molecule has 0 fully saturated rings. The average molecular weight is 310 g/mol. The number of benzene rings is 2. The first-order chi connectivity index (χ1) is 10.8. The van der Waals surface area contributed by atoms with E-state index >= 15 is 0 Å². The largest absolute Gasteiger partial charge is 0.385 e. The van der Waals surface area contributed by atoms with Gasteiger partial charge in [0, 0.05) is 28.9 Å². The molecule has 4 rings (SSSR count). The summed E-state index contributed by atoms with van der Waals surface area (Å²) in [6.07, 6.45) is 2.04. The molecule has 2 N–H and O–H groups in total. The van der Waals surface area contributed by atoms with Gasteiger partial charge in [0.05, 0.1) is 17.9 Å². The second-order valence-electron chi connectivity index (χ2n) is 5.46. The van der Waals surface area contributed by atoms with E-state index in [1.807, 2.05) is 24.4 Å². The van der Waals surface area contributed by atoms with E-state index in [4.69, 9.17) is 11.6 Å². The summed E-state index contributed by atoms with van der Waals surface area (Å²) in [5.74, 6) is 0. The van der Waals surface area contributed by atoms with Gasteiger partial charge in [0.2, 0.25) is 0 Å². The van der Waals surface area contributed by atoms with Crippen LogP contribution >= 0.6 is 11.6 Å². The maximum atomic E-state index is 6.03. The topological polar surface area (TPSA) is 27.3 Å². The molecule has 0 bridgehead atoms. The van der Waals surface area contributed by atoms with E-state index in [0.29, 0.717) is 0 Å². The van der Waals surface area contributed by atoms with E-state index in [-0.39, 0.29) is 0 Å². The van der Waals surface area contributed by atoms with Gasteiger partial charge in [0.25, 0.3) is 0 Å². The normalized spacial score (nSPS) is 16.2. The molecule has 4 heteroatoms. The third-order valence-corrected chi connectivity index (χ3v) is 4.21. The smallest absolute Gasteiger partial charge is 0.0770 e. The number of nitrogens with zero attached hydrogens (tertiary/aromatic N) is 1. The molecule has 0 spiro atoms. The van der Waals surface area contributed by atoms with Gasteiger partial charge in [0.15, 0.2) is 0 Å². The zero-order chi connectivity index (χ0) is 14.9. The van der Waals surface area contributed by atoms with Crippen LogP contribution in [-0.2, 0) is 6.54 Å². The first-order valence-electron chi connectivity index (χ1n) is 7.32. The van der Waals surface area contributed by atoms with Crippen molar-refractivity contribution >= 4 is 17.3 Å². The molecule has 3 nitrogen and oxygen atoms in total. The van der Waals surface area contributed by atoms with Crippen LogP contribution in [0.4, 0.5) is 0 Å². The van der Waals surface area contributed by atoms with Crippen molar-refractivity contribution in [2.75, 3.05) is 6.54 Å². The van der Waals surface area contributed by atoms with Crippen LogP contribution in [0.15, 0.2) is 72.1 Å². The Hall–Kier alpha value is -2.39. The van der Waals surface area contributed by atoms with Gasteiger partial charge in [-0.15, -0.1) is 0 Å². The fourth-order valence-corrected chi connectivity index (χ4v) is 3.06. The predicted molar refractivity (Wildman–Crippen MR) is 89.6 cm³/mol. The Kier molecular flexibility index (Phi) is 3.28. The SMILES string of the molecule is Clc1ccc(C2=C3CNC=C3NN2Cc2ccccc2)cc1. The summed E-state index contributed by atoms with van der Waals surface area (Å²) in [5, 5.41) is 6.25. The van der Waals surface area contributed by atoms with E-state index in [2.05, 4.69) is 52.1 Å². The third-order valence-electron chi connectivity index (χ3n) is 3.96. The molecule has 2 heterocycles. The molecule has 110 valence electrons. The third kappa shape index (κ3) is 2.34. The monoisotopic (exact) mass is 309 g/mol. The van der Waals surface area contributed by atoms with Gasteiger partial charge in [-0.1, -0.05) is 54.1 Å². The van der Waals surface area contributed by atoms with Crippen LogP contribution in [0, 0.1) is 0 Å². The van der Waals surface area contributed by atoms with E-state index in [1.165, 1.54) is 22.4 Å². The van der Waals surface area contributed by atoms with Crippen molar-refractivity contribution in [1.82, 2.24) is 15.8 Å². The molecule has 0 radical (unpaired) electrons. The highest BCUT2D eigenvalue weighted by molar-refractivity contribution is 6.30. The first-order valence-corrected chi connectivity index (χ1v) is 7.70. The van der Waals surface area contributed by atoms with Gasteiger partial charge in [-0.25, -0.2) is 0 Å². The standard InChI is InChI=1S/C18H16ClN3/c19-15-8-6-14(7-9-15)18-16-10-20-11-17(16)21-22(18)12-13-4-2-1-3-5-13/h1-9,11,20-21H,10,12H2. The van der Waals surface area contributed by atoms with Crippen LogP contribution in [0.3, 0.4) is 0 Å². The van der Waals surface area contributed by atoms with E-state index < -0.39 is 0 Å². The Labute approximate surface area is 134 Å². The lowest BCUT2D eigenvalue weighted by molar-refractivity contribution is 0.335. The van der Waals surface area contributed by atoms with Gasteiger partial charge in [0.1, 0.15) is 0 Å². The highest BCUT2D eigenvalue weighted by Gasteiger charge is 2.29. The van der Waals surface area contributed by atoms with Crippen molar-refractivity contribution in [3.63, 3.8) is 0 Å². The van der Waals surface area contributed by atoms with Crippen molar-refractivity contribution in [2.24, 2.45) is 0 Å². The Bertz CT molecular complexity index is 748. The molecule has 0 saturated carbocycles. The Morgan fingerprint density at radius 1 is 1.00 bits per heavy atom. The number of nitrogens with one attached hydrogen (secondary N) is 2. The zero-order valence-corrected chi connectivity index (χ0v) is 12.8. The Morgan fingerprint density at radius 2 is 1.77 bits per heavy atom. The number of hydrogen-bond donors (Lipinski definition) is 2. The summed E-state index contributed by atoms with van der Waals surface area (Å²) in [6, 6.07) is 18.5. The molecule has 2 aliphatic heterocycles. The quantitative estimate of drug-likeness (QED) is 0.908. The zero-order valence-electron chi connectivity index (χ0n) is 12.0. The molecule has 0 unspecified atom stereocenters. The van der Waals surface area contributed by atoms with Crippen molar-refractivity contribution in [1.29, 1.82) is 0 Å². The lowest BCUT2D eigenvalue weighted by Crippen LogP contribution is -2.30. The second kappa shape index (κ2) is 5.43. The number of hydrogen-bond acceptors (Lipinski definition) is 3. The molecule has 0 aliphatic carbocycles. The van der Waals surface area contributed by atoms with Gasteiger partial charge in [-0.2, -0.15) is 0 Å². The van der Waals surface area contributed by atoms with Gasteiger partial charge in [-0.3, -0.25) is 10.4 Å². The molecule has 2 aliphatic rings. The molecule has 0 atom stereocenters. The fourth-order valence-electron chi connectivity index (χ4n) is 2.94. The lowest BCUT2D eigenvalue weighted by Gasteiger charge is -2.24. The van der Waals surface area contributed by atoms with Crippen LogP contribution in [0.5, 0.6) is 0 Å².